The molecule has 0 aliphatic rings. The number of anilines is 1. The summed E-state index contributed by atoms with van der Waals surface area (Å²) < 4.78 is 0. The van der Waals surface area contributed by atoms with Crippen LogP contribution in [0.2, 0.25) is 5.28 Å². The molecule has 0 fully saturated rings. The zero-order valence-electron chi connectivity index (χ0n) is 12.0. The Bertz CT molecular complexity index is 782. The fourth-order valence-corrected chi connectivity index (χ4v) is 3.50. The Morgan fingerprint density at radius 1 is 1.19 bits per heavy atom. The van der Waals surface area contributed by atoms with E-state index in [0.717, 1.165) is 29.0 Å². The quantitative estimate of drug-likeness (QED) is 0.700. The molecule has 5 heteroatoms. The van der Waals surface area contributed by atoms with Crippen molar-refractivity contribution in [2.75, 3.05) is 5.32 Å². The van der Waals surface area contributed by atoms with Gasteiger partial charge in [-0.2, -0.15) is 0 Å². The van der Waals surface area contributed by atoms with E-state index in [1.54, 1.807) is 11.3 Å². The second kappa shape index (κ2) is 6.00. The molecule has 3 nitrogen and oxygen atoms in total. The van der Waals surface area contributed by atoms with Crippen molar-refractivity contribution >= 4 is 39.0 Å². The molecule has 2 aromatic heterocycles. The highest BCUT2D eigenvalue weighted by Gasteiger charge is 2.10. The van der Waals surface area contributed by atoms with Gasteiger partial charge in [0.2, 0.25) is 5.28 Å². The summed E-state index contributed by atoms with van der Waals surface area (Å²) in [4.78, 5) is 10.8. The summed E-state index contributed by atoms with van der Waals surface area (Å²) in [6.45, 7) is 4.97. The lowest BCUT2D eigenvalue weighted by Crippen LogP contribution is -2.04. The second-order valence-corrected chi connectivity index (χ2v) is 6.47. The van der Waals surface area contributed by atoms with Gasteiger partial charge < -0.3 is 5.32 Å². The maximum absolute atomic E-state index is 6.02. The van der Waals surface area contributed by atoms with Gasteiger partial charge in [0.05, 0.1) is 5.39 Å². The molecule has 1 aromatic carbocycles. The number of nitrogens with one attached hydrogen (secondary N) is 1. The van der Waals surface area contributed by atoms with E-state index < -0.39 is 0 Å². The molecule has 108 valence electrons. The third kappa shape index (κ3) is 3.01. The van der Waals surface area contributed by atoms with Crippen LogP contribution in [0.3, 0.4) is 0 Å². The Kier molecular flexibility index (Phi) is 4.08. The van der Waals surface area contributed by atoms with E-state index in [2.05, 4.69) is 59.5 Å². The van der Waals surface area contributed by atoms with Crippen molar-refractivity contribution in [2.45, 2.75) is 26.8 Å². The third-order valence-electron chi connectivity index (χ3n) is 3.43. The Balaban J connectivity index is 1.91. The van der Waals surface area contributed by atoms with E-state index in [-0.39, 0.29) is 5.28 Å². The average Bonchev–Trinajstić information content (AvgIpc) is 2.85. The number of aromatic nitrogens is 2. The maximum Gasteiger partial charge on any atom is 0.225 e. The van der Waals surface area contributed by atoms with Crippen LogP contribution < -0.4 is 5.32 Å². The lowest BCUT2D eigenvalue weighted by molar-refractivity contribution is 1.03. The molecule has 3 aromatic rings. The molecular formula is C16H16ClN3S. The number of halogens is 1. The average molecular weight is 318 g/mol. The lowest BCUT2D eigenvalue weighted by atomic mass is 10.1. The summed E-state index contributed by atoms with van der Waals surface area (Å²) in [7, 11) is 0. The molecule has 0 aliphatic heterocycles. The fraction of sp³-hybridized carbons (Fsp3) is 0.250. The van der Waals surface area contributed by atoms with Gasteiger partial charge in [0.25, 0.3) is 0 Å². The number of aryl methyl sites for hydroxylation is 2. The molecule has 21 heavy (non-hydrogen) atoms. The molecule has 0 saturated heterocycles. The van der Waals surface area contributed by atoms with Gasteiger partial charge in [0.1, 0.15) is 10.6 Å². The summed E-state index contributed by atoms with van der Waals surface area (Å²) >= 11 is 7.65. The Labute approximate surface area is 133 Å². The molecule has 0 bridgehead atoms. The summed E-state index contributed by atoms with van der Waals surface area (Å²) in [5.41, 5.74) is 2.64. The minimum absolute atomic E-state index is 0.288. The van der Waals surface area contributed by atoms with Crippen molar-refractivity contribution in [3.05, 3.63) is 51.6 Å². The summed E-state index contributed by atoms with van der Waals surface area (Å²) in [5.74, 6) is 0.806. The van der Waals surface area contributed by atoms with Crippen molar-refractivity contribution in [3.8, 4) is 0 Å². The van der Waals surface area contributed by atoms with Gasteiger partial charge in [0, 0.05) is 11.4 Å². The molecule has 0 spiro atoms. The first-order valence-electron chi connectivity index (χ1n) is 6.91. The smallest absolute Gasteiger partial charge is 0.225 e. The minimum atomic E-state index is 0.288. The monoisotopic (exact) mass is 317 g/mol. The van der Waals surface area contributed by atoms with Gasteiger partial charge in [-0.3, -0.25) is 0 Å². The van der Waals surface area contributed by atoms with Crippen LogP contribution in [-0.2, 0) is 13.0 Å². The lowest BCUT2D eigenvalue weighted by Gasteiger charge is -2.10. The summed E-state index contributed by atoms with van der Waals surface area (Å²) in [6, 6.07) is 10.5. The SMILES string of the molecule is CCc1ccccc1CNc1nc(Cl)nc2sc(C)cc12. The molecule has 0 unspecified atom stereocenters. The van der Waals surface area contributed by atoms with Crippen LogP contribution in [0.5, 0.6) is 0 Å². The van der Waals surface area contributed by atoms with Crippen LogP contribution in [0.4, 0.5) is 5.82 Å². The second-order valence-electron chi connectivity index (χ2n) is 4.89. The van der Waals surface area contributed by atoms with Crippen LogP contribution in [0.1, 0.15) is 22.9 Å². The van der Waals surface area contributed by atoms with Crippen LogP contribution in [0.25, 0.3) is 10.2 Å². The first kappa shape index (κ1) is 14.3. The Morgan fingerprint density at radius 3 is 2.71 bits per heavy atom. The van der Waals surface area contributed by atoms with E-state index in [1.165, 1.54) is 16.0 Å². The van der Waals surface area contributed by atoms with Gasteiger partial charge in [-0.15, -0.1) is 11.3 Å². The molecule has 0 atom stereocenters. The van der Waals surface area contributed by atoms with E-state index >= 15 is 0 Å². The van der Waals surface area contributed by atoms with Crippen molar-refractivity contribution in [2.24, 2.45) is 0 Å². The molecule has 2 heterocycles. The fourth-order valence-electron chi connectivity index (χ4n) is 2.40. The third-order valence-corrected chi connectivity index (χ3v) is 4.55. The number of rotatable bonds is 4. The molecule has 1 N–H and O–H groups in total. The van der Waals surface area contributed by atoms with E-state index in [9.17, 15) is 0 Å². The first-order chi connectivity index (χ1) is 10.2. The number of benzene rings is 1. The first-order valence-corrected chi connectivity index (χ1v) is 8.11. The number of hydrogen-bond acceptors (Lipinski definition) is 4. The predicted octanol–water partition coefficient (Wildman–Crippen LogP) is 4.83. The largest absolute Gasteiger partial charge is 0.365 e. The summed E-state index contributed by atoms with van der Waals surface area (Å²) in [5, 5.41) is 4.73. The van der Waals surface area contributed by atoms with Crippen molar-refractivity contribution < 1.29 is 0 Å². The predicted molar refractivity (Wildman–Crippen MR) is 90.3 cm³/mol. The zero-order chi connectivity index (χ0) is 14.8. The van der Waals surface area contributed by atoms with Crippen LogP contribution in [-0.4, -0.2) is 9.97 Å². The van der Waals surface area contributed by atoms with E-state index in [1.807, 2.05) is 0 Å². The highest BCUT2D eigenvalue weighted by atomic mass is 35.5. The molecule has 0 radical (unpaired) electrons. The normalized spacial score (nSPS) is 11.0. The Hall–Kier alpha value is -1.65. The van der Waals surface area contributed by atoms with Crippen molar-refractivity contribution in [1.29, 1.82) is 0 Å². The maximum atomic E-state index is 6.02. The molecule has 0 saturated carbocycles. The van der Waals surface area contributed by atoms with Gasteiger partial charge in [-0.05, 0) is 42.1 Å². The zero-order valence-corrected chi connectivity index (χ0v) is 13.6. The van der Waals surface area contributed by atoms with E-state index in [0.29, 0.717) is 0 Å². The molecular weight excluding hydrogens is 302 g/mol. The minimum Gasteiger partial charge on any atom is -0.365 e. The van der Waals surface area contributed by atoms with Crippen LogP contribution >= 0.6 is 22.9 Å². The number of fused-ring (bicyclic) bond motifs is 1. The van der Waals surface area contributed by atoms with Gasteiger partial charge >= 0.3 is 0 Å². The highest BCUT2D eigenvalue weighted by Crippen LogP contribution is 2.29. The van der Waals surface area contributed by atoms with Gasteiger partial charge in [-0.25, -0.2) is 9.97 Å². The molecule has 3 rings (SSSR count). The van der Waals surface area contributed by atoms with Crippen LogP contribution in [0.15, 0.2) is 30.3 Å². The van der Waals surface area contributed by atoms with Gasteiger partial charge in [-0.1, -0.05) is 31.2 Å². The summed E-state index contributed by atoms with van der Waals surface area (Å²) in [6.07, 6.45) is 1.02. The molecule has 0 amide bonds. The topological polar surface area (TPSA) is 37.8 Å². The standard InChI is InChI=1S/C16H16ClN3S/c1-3-11-6-4-5-7-12(11)9-18-14-13-8-10(2)21-15(13)20-16(17)19-14/h4-8H,3,9H2,1-2H3,(H,18,19,20). The van der Waals surface area contributed by atoms with E-state index in [4.69, 9.17) is 11.6 Å². The molecule has 0 aliphatic carbocycles. The van der Waals surface area contributed by atoms with Crippen molar-refractivity contribution in [3.63, 3.8) is 0 Å². The van der Waals surface area contributed by atoms with Gasteiger partial charge in [0.15, 0.2) is 0 Å². The van der Waals surface area contributed by atoms with Crippen molar-refractivity contribution in [1.82, 2.24) is 9.97 Å². The number of thiophene rings is 1. The number of nitrogens with zero attached hydrogens (tertiary/aromatic N) is 2. The Morgan fingerprint density at radius 2 is 1.95 bits per heavy atom. The number of hydrogen-bond donors (Lipinski definition) is 1. The highest BCUT2D eigenvalue weighted by molar-refractivity contribution is 7.18. The van der Waals surface area contributed by atoms with Crippen LogP contribution in [0, 0.1) is 6.92 Å².